The quantitative estimate of drug-likeness (QED) is 0.644. The highest BCUT2D eigenvalue weighted by atomic mass is 32.2. The van der Waals surface area contributed by atoms with Gasteiger partial charge in [0.1, 0.15) is 4.90 Å². The standard InChI is InChI=1S/C25H32N4O4S/c1-19(30)26-21-9-8-10-22(18-21)27-25(31)20-11-12-23(28-13-4-2-5-14-28)24(17-20)34(32,33)29-15-6-3-7-16-29/h8-12,17-18H,2-7,13-16H2,1H3,(H,26,30)(H,27,31). The van der Waals surface area contributed by atoms with Crippen LogP contribution in [0, 0.1) is 0 Å². The number of nitrogens with one attached hydrogen (secondary N) is 2. The van der Waals surface area contributed by atoms with Crippen molar-refractivity contribution in [2.75, 3.05) is 41.7 Å². The van der Waals surface area contributed by atoms with Crippen LogP contribution >= 0.6 is 0 Å². The van der Waals surface area contributed by atoms with E-state index in [0.29, 0.717) is 30.2 Å². The maximum absolute atomic E-state index is 13.7. The molecule has 2 aliphatic rings. The Bertz CT molecular complexity index is 1150. The zero-order valence-corrected chi connectivity index (χ0v) is 20.4. The monoisotopic (exact) mass is 484 g/mol. The summed E-state index contributed by atoms with van der Waals surface area (Å²) < 4.78 is 28.9. The zero-order valence-electron chi connectivity index (χ0n) is 19.5. The molecule has 182 valence electrons. The Labute approximate surface area is 201 Å². The van der Waals surface area contributed by atoms with E-state index >= 15 is 0 Å². The lowest BCUT2D eigenvalue weighted by Gasteiger charge is -2.33. The second kappa shape index (κ2) is 10.6. The molecule has 8 nitrogen and oxygen atoms in total. The van der Waals surface area contributed by atoms with Crippen molar-refractivity contribution >= 4 is 38.9 Å². The van der Waals surface area contributed by atoms with E-state index in [1.807, 2.05) is 0 Å². The minimum Gasteiger partial charge on any atom is -0.370 e. The molecule has 2 heterocycles. The molecule has 2 aromatic carbocycles. The van der Waals surface area contributed by atoms with Crippen LogP contribution in [-0.2, 0) is 14.8 Å². The highest BCUT2D eigenvalue weighted by Gasteiger charge is 2.31. The molecule has 2 amide bonds. The van der Waals surface area contributed by atoms with Gasteiger partial charge < -0.3 is 15.5 Å². The van der Waals surface area contributed by atoms with E-state index in [9.17, 15) is 18.0 Å². The number of hydrogen-bond acceptors (Lipinski definition) is 5. The van der Waals surface area contributed by atoms with Gasteiger partial charge in [0.15, 0.2) is 0 Å². The Kier molecular flexibility index (Phi) is 7.53. The molecule has 0 radical (unpaired) electrons. The number of nitrogens with zero attached hydrogens (tertiary/aromatic N) is 2. The number of piperidine rings is 2. The van der Waals surface area contributed by atoms with Gasteiger partial charge in [0.25, 0.3) is 5.91 Å². The Morgan fingerprint density at radius 2 is 1.41 bits per heavy atom. The summed E-state index contributed by atoms with van der Waals surface area (Å²) in [6.07, 6.45) is 5.92. The minimum absolute atomic E-state index is 0.204. The topological polar surface area (TPSA) is 98.8 Å². The van der Waals surface area contributed by atoms with Crippen molar-refractivity contribution in [2.24, 2.45) is 0 Å². The molecule has 0 bridgehead atoms. The number of carbonyl (C=O) groups excluding carboxylic acids is 2. The third-order valence-electron chi connectivity index (χ3n) is 6.29. The summed E-state index contributed by atoms with van der Waals surface area (Å²) in [6.45, 7) is 4.05. The van der Waals surface area contributed by atoms with Crippen molar-refractivity contribution in [1.29, 1.82) is 0 Å². The van der Waals surface area contributed by atoms with E-state index in [0.717, 1.165) is 51.6 Å². The van der Waals surface area contributed by atoms with Gasteiger partial charge in [0.05, 0.1) is 5.69 Å². The number of carbonyl (C=O) groups is 2. The fourth-order valence-electron chi connectivity index (χ4n) is 4.58. The molecular formula is C25H32N4O4S. The molecule has 0 aliphatic carbocycles. The molecule has 2 aliphatic heterocycles. The summed E-state index contributed by atoms with van der Waals surface area (Å²) in [7, 11) is -3.73. The normalized spacial score (nSPS) is 17.3. The average Bonchev–Trinajstić information content (AvgIpc) is 2.84. The molecule has 0 atom stereocenters. The zero-order chi connectivity index (χ0) is 24.1. The number of rotatable bonds is 6. The summed E-state index contributed by atoms with van der Waals surface area (Å²) in [5.41, 5.74) is 2.03. The molecule has 2 fully saturated rings. The van der Waals surface area contributed by atoms with Gasteiger partial charge in [-0.05, 0) is 68.5 Å². The van der Waals surface area contributed by atoms with E-state index < -0.39 is 15.9 Å². The number of hydrogen-bond donors (Lipinski definition) is 2. The summed E-state index contributed by atoms with van der Waals surface area (Å²) >= 11 is 0. The molecular weight excluding hydrogens is 452 g/mol. The number of benzene rings is 2. The highest BCUT2D eigenvalue weighted by molar-refractivity contribution is 7.89. The average molecular weight is 485 g/mol. The molecule has 0 aromatic heterocycles. The van der Waals surface area contributed by atoms with Gasteiger partial charge in [-0.1, -0.05) is 12.5 Å². The van der Waals surface area contributed by atoms with Gasteiger partial charge in [-0.15, -0.1) is 0 Å². The van der Waals surface area contributed by atoms with Crippen LogP contribution in [0.4, 0.5) is 17.1 Å². The maximum Gasteiger partial charge on any atom is 0.255 e. The molecule has 4 rings (SSSR count). The Morgan fingerprint density at radius 3 is 2.06 bits per heavy atom. The van der Waals surface area contributed by atoms with Gasteiger partial charge >= 0.3 is 0 Å². The van der Waals surface area contributed by atoms with Crippen molar-refractivity contribution in [3.8, 4) is 0 Å². The fourth-order valence-corrected chi connectivity index (χ4v) is 6.34. The third-order valence-corrected chi connectivity index (χ3v) is 8.22. The summed E-state index contributed by atoms with van der Waals surface area (Å²) in [6, 6.07) is 11.8. The Morgan fingerprint density at radius 1 is 0.794 bits per heavy atom. The van der Waals surface area contributed by atoms with Crippen LogP contribution in [0.1, 0.15) is 55.8 Å². The fraction of sp³-hybridized carbons (Fsp3) is 0.440. The first-order valence-electron chi connectivity index (χ1n) is 11.9. The number of anilines is 3. The second-order valence-corrected chi connectivity index (χ2v) is 10.8. The number of amides is 2. The van der Waals surface area contributed by atoms with Crippen LogP contribution in [0.3, 0.4) is 0 Å². The molecule has 2 saturated heterocycles. The van der Waals surface area contributed by atoms with Crippen LogP contribution < -0.4 is 15.5 Å². The predicted octanol–water partition coefficient (Wildman–Crippen LogP) is 4.06. The van der Waals surface area contributed by atoms with Gasteiger partial charge in [-0.2, -0.15) is 4.31 Å². The van der Waals surface area contributed by atoms with E-state index in [1.165, 1.54) is 13.0 Å². The van der Waals surface area contributed by atoms with Gasteiger partial charge in [0, 0.05) is 50.0 Å². The maximum atomic E-state index is 13.7. The van der Waals surface area contributed by atoms with E-state index in [2.05, 4.69) is 15.5 Å². The Hall–Kier alpha value is -2.91. The molecule has 0 saturated carbocycles. The highest BCUT2D eigenvalue weighted by Crippen LogP contribution is 2.32. The van der Waals surface area contributed by atoms with E-state index in [4.69, 9.17) is 0 Å². The van der Waals surface area contributed by atoms with Crippen LogP contribution in [0.25, 0.3) is 0 Å². The second-order valence-electron chi connectivity index (χ2n) is 8.91. The molecule has 2 N–H and O–H groups in total. The largest absolute Gasteiger partial charge is 0.370 e. The molecule has 9 heteroatoms. The van der Waals surface area contributed by atoms with Crippen molar-refractivity contribution in [3.63, 3.8) is 0 Å². The minimum atomic E-state index is -3.73. The predicted molar refractivity (Wildman–Crippen MR) is 134 cm³/mol. The van der Waals surface area contributed by atoms with Crippen LogP contribution in [0.15, 0.2) is 47.4 Å². The van der Waals surface area contributed by atoms with Crippen molar-refractivity contribution < 1.29 is 18.0 Å². The first kappa shape index (κ1) is 24.2. The summed E-state index contributed by atoms with van der Waals surface area (Å²) in [5, 5.41) is 5.50. The van der Waals surface area contributed by atoms with Crippen LogP contribution in [-0.4, -0.2) is 50.7 Å². The smallest absolute Gasteiger partial charge is 0.255 e. The van der Waals surface area contributed by atoms with Crippen LogP contribution in [0.2, 0.25) is 0 Å². The van der Waals surface area contributed by atoms with Gasteiger partial charge in [0.2, 0.25) is 15.9 Å². The molecule has 2 aromatic rings. The SMILES string of the molecule is CC(=O)Nc1cccc(NC(=O)c2ccc(N3CCCCC3)c(S(=O)(=O)N3CCCCC3)c2)c1. The first-order valence-corrected chi connectivity index (χ1v) is 13.4. The first-order chi connectivity index (χ1) is 16.3. The van der Waals surface area contributed by atoms with Crippen molar-refractivity contribution in [1.82, 2.24) is 4.31 Å². The third kappa shape index (κ3) is 5.59. The van der Waals surface area contributed by atoms with Crippen molar-refractivity contribution in [3.05, 3.63) is 48.0 Å². The molecule has 0 unspecified atom stereocenters. The van der Waals surface area contributed by atoms with E-state index in [-0.39, 0.29) is 16.4 Å². The lowest BCUT2D eigenvalue weighted by Crippen LogP contribution is -2.37. The number of sulfonamides is 1. The van der Waals surface area contributed by atoms with Crippen molar-refractivity contribution in [2.45, 2.75) is 50.3 Å². The van der Waals surface area contributed by atoms with Crippen LogP contribution in [0.5, 0.6) is 0 Å². The van der Waals surface area contributed by atoms with E-state index in [1.54, 1.807) is 40.7 Å². The Balaban J connectivity index is 1.65. The summed E-state index contributed by atoms with van der Waals surface area (Å²) in [5.74, 6) is -0.607. The summed E-state index contributed by atoms with van der Waals surface area (Å²) in [4.78, 5) is 26.7. The van der Waals surface area contributed by atoms with Gasteiger partial charge in [-0.25, -0.2) is 8.42 Å². The lowest BCUT2D eigenvalue weighted by molar-refractivity contribution is -0.114. The molecule has 34 heavy (non-hydrogen) atoms. The molecule has 0 spiro atoms. The lowest BCUT2D eigenvalue weighted by atomic mass is 10.1. The van der Waals surface area contributed by atoms with Gasteiger partial charge in [-0.3, -0.25) is 9.59 Å².